The van der Waals surface area contributed by atoms with Gasteiger partial charge in [-0.3, -0.25) is 9.69 Å². The van der Waals surface area contributed by atoms with E-state index in [1.165, 1.54) is 5.56 Å². The van der Waals surface area contributed by atoms with E-state index in [4.69, 9.17) is 9.97 Å². The zero-order valence-electron chi connectivity index (χ0n) is 21.4. The molecule has 4 rings (SSSR count). The summed E-state index contributed by atoms with van der Waals surface area (Å²) in [6.45, 7) is 11.7. The quantitative estimate of drug-likeness (QED) is 0.330. The summed E-state index contributed by atoms with van der Waals surface area (Å²) in [5, 5.41) is 3.63. The lowest BCUT2D eigenvalue weighted by Crippen LogP contribution is -2.47. The molecule has 1 fully saturated rings. The maximum atomic E-state index is 12.0. The van der Waals surface area contributed by atoms with Gasteiger partial charge in [0, 0.05) is 61.8 Å². The van der Waals surface area contributed by atoms with Crippen molar-refractivity contribution in [3.05, 3.63) is 88.6 Å². The van der Waals surface area contributed by atoms with E-state index in [2.05, 4.69) is 65.4 Å². The van der Waals surface area contributed by atoms with E-state index in [9.17, 15) is 4.79 Å². The first-order valence-electron chi connectivity index (χ1n) is 12.6. The second-order valence-corrected chi connectivity index (χ2v) is 9.93. The van der Waals surface area contributed by atoms with Crippen molar-refractivity contribution in [2.75, 3.05) is 44.2 Å². The molecule has 1 aromatic heterocycles. The molecule has 1 aliphatic rings. The number of carbonyl (C=O) groups is 1. The van der Waals surface area contributed by atoms with E-state index in [0.717, 1.165) is 66.3 Å². The van der Waals surface area contributed by atoms with Crippen LogP contribution in [-0.4, -0.2) is 60.0 Å². The Morgan fingerprint density at radius 2 is 1.72 bits per heavy atom. The van der Waals surface area contributed by atoms with Gasteiger partial charge in [-0.15, -0.1) is 0 Å². The number of nitrogens with zero attached hydrogens (tertiary/aromatic N) is 4. The van der Waals surface area contributed by atoms with Crippen molar-refractivity contribution >= 4 is 29.6 Å². The maximum absolute atomic E-state index is 12.0. The molecule has 7 heteroatoms. The number of amides is 1. The largest absolute Gasteiger partial charge is 0.354 e. The van der Waals surface area contributed by atoms with Gasteiger partial charge in [0.05, 0.1) is 0 Å². The fourth-order valence-electron chi connectivity index (χ4n) is 4.17. The molecule has 0 atom stereocenters. The van der Waals surface area contributed by atoms with Crippen molar-refractivity contribution < 1.29 is 4.79 Å². The minimum absolute atomic E-state index is 0.0360. The Morgan fingerprint density at radius 3 is 2.42 bits per heavy atom. The van der Waals surface area contributed by atoms with Gasteiger partial charge in [-0.1, -0.05) is 66.4 Å². The van der Waals surface area contributed by atoms with E-state index in [0.29, 0.717) is 12.1 Å². The van der Waals surface area contributed by atoms with Gasteiger partial charge in [0.25, 0.3) is 5.91 Å². The van der Waals surface area contributed by atoms with Crippen molar-refractivity contribution in [1.82, 2.24) is 20.2 Å². The van der Waals surface area contributed by atoms with Gasteiger partial charge in [0.2, 0.25) is 0 Å². The number of benzene rings is 2. The molecule has 1 N–H and O–H groups in total. The molecule has 188 valence electrons. The zero-order chi connectivity index (χ0) is 25.3. The highest BCUT2D eigenvalue weighted by molar-refractivity contribution is 7.98. The molecule has 0 radical (unpaired) electrons. The van der Waals surface area contributed by atoms with Gasteiger partial charge in [0.15, 0.2) is 5.16 Å². The van der Waals surface area contributed by atoms with Crippen molar-refractivity contribution in [2.45, 2.75) is 31.7 Å². The fourth-order valence-corrected chi connectivity index (χ4v) is 5.01. The van der Waals surface area contributed by atoms with Gasteiger partial charge in [-0.25, -0.2) is 9.97 Å². The molecule has 1 saturated heterocycles. The first kappa shape index (κ1) is 25.9. The second kappa shape index (κ2) is 12.7. The van der Waals surface area contributed by atoms with Crippen LogP contribution in [0.25, 0.3) is 6.08 Å². The number of hydrogen-bond donors (Lipinski definition) is 1. The number of carbonyl (C=O) groups excluding carboxylic acids is 1. The predicted octanol–water partition coefficient (Wildman–Crippen LogP) is 4.97. The Bertz CT molecular complexity index is 1170. The number of nitrogens with one attached hydrogen (secondary N) is 1. The first-order chi connectivity index (χ1) is 17.5. The highest BCUT2D eigenvalue weighted by Gasteiger charge is 2.20. The van der Waals surface area contributed by atoms with Crippen LogP contribution < -0.4 is 10.2 Å². The molecule has 36 heavy (non-hydrogen) atoms. The molecule has 0 bridgehead atoms. The van der Waals surface area contributed by atoms with Crippen LogP contribution in [0.2, 0.25) is 0 Å². The van der Waals surface area contributed by atoms with Crippen LogP contribution in [0.1, 0.15) is 39.7 Å². The standard InChI is InChI=1S/C29H35N5OS/c1-4-30-28(35)26-14-12-25(13-15-26)21-36-29-31-23(3)22(2)27(32-29)34-19-17-33(18-20-34)16-8-11-24-9-6-5-7-10-24/h5-15H,4,16-21H2,1-3H3,(H,30,35). The number of piperazine rings is 1. The molecule has 2 heterocycles. The van der Waals surface area contributed by atoms with Crippen LogP contribution in [0.15, 0.2) is 65.8 Å². The predicted molar refractivity (Wildman–Crippen MR) is 150 cm³/mol. The van der Waals surface area contributed by atoms with Gasteiger partial charge < -0.3 is 10.2 Å². The summed E-state index contributed by atoms with van der Waals surface area (Å²) < 4.78 is 0. The lowest BCUT2D eigenvalue weighted by atomic mass is 10.1. The third-order valence-electron chi connectivity index (χ3n) is 6.41. The van der Waals surface area contributed by atoms with Crippen LogP contribution in [-0.2, 0) is 5.75 Å². The topological polar surface area (TPSA) is 61.4 Å². The van der Waals surface area contributed by atoms with Crippen molar-refractivity contribution in [3.63, 3.8) is 0 Å². The van der Waals surface area contributed by atoms with Crippen molar-refractivity contribution in [2.24, 2.45) is 0 Å². The second-order valence-electron chi connectivity index (χ2n) is 8.99. The number of anilines is 1. The Kier molecular flexibility index (Phi) is 9.14. The minimum atomic E-state index is -0.0360. The summed E-state index contributed by atoms with van der Waals surface area (Å²) in [6, 6.07) is 18.2. The van der Waals surface area contributed by atoms with Gasteiger partial charge >= 0.3 is 0 Å². The average Bonchev–Trinajstić information content (AvgIpc) is 2.91. The third kappa shape index (κ3) is 6.95. The number of aromatic nitrogens is 2. The smallest absolute Gasteiger partial charge is 0.251 e. The van der Waals surface area contributed by atoms with E-state index in [1.807, 2.05) is 37.3 Å². The SMILES string of the molecule is CCNC(=O)c1ccc(CSc2nc(C)c(C)c(N3CCN(CC=Cc4ccccc4)CC3)n2)cc1. The highest BCUT2D eigenvalue weighted by atomic mass is 32.2. The maximum Gasteiger partial charge on any atom is 0.251 e. The van der Waals surface area contributed by atoms with Gasteiger partial charge in [-0.05, 0) is 44.0 Å². The summed E-state index contributed by atoms with van der Waals surface area (Å²) >= 11 is 1.64. The average molecular weight is 502 g/mol. The fraction of sp³-hybridized carbons (Fsp3) is 0.345. The molecule has 0 aliphatic carbocycles. The van der Waals surface area contributed by atoms with E-state index >= 15 is 0 Å². The van der Waals surface area contributed by atoms with Gasteiger partial charge in [-0.2, -0.15) is 0 Å². The molecule has 2 aromatic carbocycles. The van der Waals surface area contributed by atoms with E-state index < -0.39 is 0 Å². The molecule has 1 amide bonds. The van der Waals surface area contributed by atoms with E-state index in [-0.39, 0.29) is 5.91 Å². The summed E-state index contributed by atoms with van der Waals surface area (Å²) in [6.07, 6.45) is 4.45. The molecule has 0 saturated carbocycles. The molecule has 1 aliphatic heterocycles. The van der Waals surface area contributed by atoms with Crippen LogP contribution in [0, 0.1) is 13.8 Å². The number of aryl methyl sites for hydroxylation is 1. The Hall–Kier alpha value is -3.16. The minimum Gasteiger partial charge on any atom is -0.354 e. The summed E-state index contributed by atoms with van der Waals surface area (Å²) in [5.41, 5.74) is 5.26. The summed E-state index contributed by atoms with van der Waals surface area (Å²) in [4.78, 5) is 26.5. The summed E-state index contributed by atoms with van der Waals surface area (Å²) in [7, 11) is 0. The highest BCUT2D eigenvalue weighted by Crippen LogP contribution is 2.27. The number of rotatable bonds is 9. The Labute approximate surface area is 218 Å². The molecular formula is C29H35N5OS. The number of hydrogen-bond acceptors (Lipinski definition) is 6. The van der Waals surface area contributed by atoms with E-state index in [1.54, 1.807) is 11.8 Å². The van der Waals surface area contributed by atoms with Crippen LogP contribution in [0.5, 0.6) is 0 Å². The number of thioether (sulfide) groups is 1. The normalized spacial score (nSPS) is 14.4. The lowest BCUT2D eigenvalue weighted by molar-refractivity contribution is 0.0956. The summed E-state index contributed by atoms with van der Waals surface area (Å²) in [5.74, 6) is 1.78. The monoisotopic (exact) mass is 501 g/mol. The van der Waals surface area contributed by atoms with Crippen molar-refractivity contribution in [1.29, 1.82) is 0 Å². The Morgan fingerprint density at radius 1 is 1.00 bits per heavy atom. The Balaban J connectivity index is 1.33. The molecule has 0 spiro atoms. The van der Waals surface area contributed by atoms with Gasteiger partial charge in [0.1, 0.15) is 5.82 Å². The van der Waals surface area contributed by atoms with Crippen LogP contribution >= 0.6 is 11.8 Å². The third-order valence-corrected chi connectivity index (χ3v) is 7.33. The zero-order valence-corrected chi connectivity index (χ0v) is 22.2. The molecule has 3 aromatic rings. The molecular weight excluding hydrogens is 466 g/mol. The van der Waals surface area contributed by atoms with Crippen molar-refractivity contribution in [3.8, 4) is 0 Å². The molecule has 0 unspecified atom stereocenters. The first-order valence-corrected chi connectivity index (χ1v) is 13.6. The molecule has 6 nitrogen and oxygen atoms in total. The van der Waals surface area contributed by atoms with Crippen LogP contribution in [0.4, 0.5) is 5.82 Å². The van der Waals surface area contributed by atoms with Crippen LogP contribution in [0.3, 0.4) is 0 Å². The lowest BCUT2D eigenvalue weighted by Gasteiger charge is -2.35.